The zero-order valence-corrected chi connectivity index (χ0v) is 44.3. The fourth-order valence-electron chi connectivity index (χ4n) is 7.63. The first-order valence-electron chi connectivity index (χ1n) is 28.2. The quantitative estimate of drug-likeness (QED) is 0.0262. The predicted molar refractivity (Wildman–Crippen MR) is 293 cm³/mol. The summed E-state index contributed by atoms with van der Waals surface area (Å²) in [7, 11) is 0. The van der Waals surface area contributed by atoms with E-state index in [4.69, 9.17) is 14.2 Å². The minimum atomic E-state index is -0.795. The van der Waals surface area contributed by atoms with Crippen LogP contribution in [-0.2, 0) is 28.6 Å². The minimum Gasteiger partial charge on any atom is -0.462 e. The Morgan fingerprint density at radius 2 is 0.574 bits per heavy atom. The average Bonchev–Trinajstić information content (AvgIpc) is 3.34. The molecular weight excluding hydrogens is 841 g/mol. The Morgan fingerprint density at radius 3 is 0.926 bits per heavy atom. The summed E-state index contributed by atoms with van der Waals surface area (Å²) in [4.78, 5) is 38.0. The molecule has 0 aliphatic rings. The second-order valence-electron chi connectivity index (χ2n) is 18.4. The second kappa shape index (κ2) is 55.9. The SMILES string of the molecule is CC/C=C\C/C=C\C/C=C\C/C=C\CCCCCCCCCCCCCCCCC(=O)OCC(COC(=O)CCCCCCC/C=C\CCC)OC(=O)CCCCC/C=C\C/C=C\C/C=C\CC. The van der Waals surface area contributed by atoms with Crippen LogP contribution in [0.15, 0.2) is 97.2 Å². The van der Waals surface area contributed by atoms with Crippen molar-refractivity contribution in [2.45, 2.75) is 264 Å². The zero-order valence-electron chi connectivity index (χ0n) is 44.3. The van der Waals surface area contributed by atoms with Crippen LogP contribution in [0.4, 0.5) is 0 Å². The van der Waals surface area contributed by atoms with E-state index in [-0.39, 0.29) is 31.1 Å². The largest absolute Gasteiger partial charge is 0.462 e. The van der Waals surface area contributed by atoms with Crippen LogP contribution < -0.4 is 0 Å². The van der Waals surface area contributed by atoms with Crippen molar-refractivity contribution < 1.29 is 28.6 Å². The van der Waals surface area contributed by atoms with Gasteiger partial charge in [0.2, 0.25) is 0 Å². The summed E-state index contributed by atoms with van der Waals surface area (Å²) >= 11 is 0. The van der Waals surface area contributed by atoms with Gasteiger partial charge in [0.15, 0.2) is 6.10 Å². The van der Waals surface area contributed by atoms with E-state index in [9.17, 15) is 14.4 Å². The van der Waals surface area contributed by atoms with Crippen LogP contribution in [0.3, 0.4) is 0 Å². The highest BCUT2D eigenvalue weighted by atomic mass is 16.6. The Labute approximate surface area is 419 Å². The number of carbonyl (C=O) groups excluding carboxylic acids is 3. The minimum absolute atomic E-state index is 0.0919. The lowest BCUT2D eigenvalue weighted by molar-refractivity contribution is -0.167. The van der Waals surface area contributed by atoms with Crippen molar-refractivity contribution in [3.8, 4) is 0 Å². The smallest absolute Gasteiger partial charge is 0.306 e. The average molecular weight is 946 g/mol. The number of unbranched alkanes of at least 4 members (excludes halogenated alkanes) is 23. The van der Waals surface area contributed by atoms with Crippen molar-refractivity contribution in [2.24, 2.45) is 0 Å². The van der Waals surface area contributed by atoms with Gasteiger partial charge in [-0.05, 0) is 109 Å². The summed E-state index contributed by atoms with van der Waals surface area (Å²) in [6, 6.07) is 0. The molecule has 0 bridgehead atoms. The second-order valence-corrected chi connectivity index (χ2v) is 18.4. The van der Waals surface area contributed by atoms with Gasteiger partial charge in [-0.25, -0.2) is 0 Å². The molecule has 0 aliphatic carbocycles. The summed E-state index contributed by atoms with van der Waals surface area (Å²) < 4.78 is 16.8. The maximum absolute atomic E-state index is 12.8. The summed E-state index contributed by atoms with van der Waals surface area (Å²) in [5.41, 5.74) is 0. The molecular formula is C62H104O6. The van der Waals surface area contributed by atoms with E-state index in [0.717, 1.165) is 128 Å². The molecule has 0 aliphatic heterocycles. The highest BCUT2D eigenvalue weighted by molar-refractivity contribution is 5.71. The number of hydrogen-bond donors (Lipinski definition) is 0. The molecule has 6 heteroatoms. The Morgan fingerprint density at radius 1 is 0.309 bits per heavy atom. The Balaban J connectivity index is 4.20. The summed E-state index contributed by atoms with van der Waals surface area (Å²) in [5.74, 6) is -0.933. The number of carbonyl (C=O) groups is 3. The van der Waals surface area contributed by atoms with Crippen molar-refractivity contribution in [2.75, 3.05) is 13.2 Å². The van der Waals surface area contributed by atoms with E-state index >= 15 is 0 Å². The van der Waals surface area contributed by atoms with E-state index in [1.165, 1.54) is 89.9 Å². The fourth-order valence-corrected chi connectivity index (χ4v) is 7.63. The molecule has 0 fully saturated rings. The lowest BCUT2D eigenvalue weighted by Gasteiger charge is -2.18. The molecule has 0 spiro atoms. The van der Waals surface area contributed by atoms with Crippen LogP contribution >= 0.6 is 0 Å². The number of hydrogen-bond acceptors (Lipinski definition) is 6. The van der Waals surface area contributed by atoms with Crippen molar-refractivity contribution >= 4 is 17.9 Å². The number of ether oxygens (including phenoxy) is 3. The molecule has 6 nitrogen and oxygen atoms in total. The van der Waals surface area contributed by atoms with Gasteiger partial charge in [0.1, 0.15) is 13.2 Å². The third-order valence-electron chi connectivity index (χ3n) is 11.8. The molecule has 388 valence electrons. The predicted octanol–water partition coefficient (Wildman–Crippen LogP) is 18.9. The molecule has 0 heterocycles. The number of esters is 3. The van der Waals surface area contributed by atoms with E-state index in [0.29, 0.717) is 19.3 Å². The van der Waals surface area contributed by atoms with Crippen LogP contribution in [0.5, 0.6) is 0 Å². The lowest BCUT2D eigenvalue weighted by Crippen LogP contribution is -2.30. The van der Waals surface area contributed by atoms with Gasteiger partial charge in [-0.1, -0.05) is 227 Å². The normalized spacial score (nSPS) is 12.8. The molecule has 0 amide bonds. The van der Waals surface area contributed by atoms with Crippen molar-refractivity contribution in [3.05, 3.63) is 97.2 Å². The Bertz CT molecular complexity index is 1360. The highest BCUT2D eigenvalue weighted by Gasteiger charge is 2.19. The van der Waals surface area contributed by atoms with Crippen LogP contribution in [0.25, 0.3) is 0 Å². The zero-order chi connectivity index (χ0) is 49.3. The summed E-state index contributed by atoms with van der Waals surface area (Å²) in [6.07, 6.45) is 74.2. The summed E-state index contributed by atoms with van der Waals surface area (Å²) in [5, 5.41) is 0. The van der Waals surface area contributed by atoms with Crippen molar-refractivity contribution in [1.29, 1.82) is 0 Å². The molecule has 68 heavy (non-hydrogen) atoms. The molecule has 0 saturated heterocycles. The first kappa shape index (κ1) is 64.3. The monoisotopic (exact) mass is 945 g/mol. The molecule has 1 unspecified atom stereocenters. The van der Waals surface area contributed by atoms with Crippen LogP contribution in [0, 0.1) is 0 Å². The Hall–Kier alpha value is -3.67. The number of allylic oxidation sites excluding steroid dienone is 16. The van der Waals surface area contributed by atoms with E-state index < -0.39 is 6.10 Å². The Kier molecular flexibility index (Phi) is 52.9. The topological polar surface area (TPSA) is 78.9 Å². The third kappa shape index (κ3) is 53.3. The fraction of sp³-hybridized carbons (Fsp3) is 0.694. The third-order valence-corrected chi connectivity index (χ3v) is 11.8. The van der Waals surface area contributed by atoms with Crippen LogP contribution in [0.2, 0.25) is 0 Å². The first-order chi connectivity index (χ1) is 33.5. The van der Waals surface area contributed by atoms with Gasteiger partial charge >= 0.3 is 17.9 Å². The molecule has 1 atom stereocenters. The molecule has 0 aromatic carbocycles. The van der Waals surface area contributed by atoms with Crippen molar-refractivity contribution in [1.82, 2.24) is 0 Å². The maximum atomic E-state index is 12.8. The van der Waals surface area contributed by atoms with Gasteiger partial charge in [-0.15, -0.1) is 0 Å². The van der Waals surface area contributed by atoms with E-state index in [2.05, 4.69) is 118 Å². The van der Waals surface area contributed by atoms with Gasteiger partial charge in [0, 0.05) is 19.3 Å². The molecule has 0 radical (unpaired) electrons. The van der Waals surface area contributed by atoms with Crippen molar-refractivity contribution in [3.63, 3.8) is 0 Å². The van der Waals surface area contributed by atoms with Gasteiger partial charge in [0.05, 0.1) is 0 Å². The lowest BCUT2D eigenvalue weighted by atomic mass is 10.0. The molecule has 0 aromatic rings. The summed E-state index contributed by atoms with van der Waals surface area (Å²) in [6.45, 7) is 6.32. The standard InChI is InChI=1S/C62H104O6/c1-4-7-10-13-16-19-22-24-25-26-27-28-29-30-31-32-33-34-35-36-37-39-40-43-46-49-52-55-61(64)67-58-59(57-66-60(63)54-51-48-45-42-21-18-15-12-9-6-3)68-62(65)56-53-50-47-44-41-38-23-20-17-14-11-8-5-2/h7-8,10-12,15-17,19-20,24-25,27-28,38,41,59H,4-6,9,13-14,18,21-23,26,29-37,39-40,42-58H2,1-3H3/b10-7-,11-8-,15-12-,19-16-,20-17-,25-24-,28-27-,41-38-. The molecule has 0 rings (SSSR count). The van der Waals surface area contributed by atoms with Gasteiger partial charge in [-0.2, -0.15) is 0 Å². The molecule has 0 N–H and O–H groups in total. The molecule has 0 saturated carbocycles. The van der Waals surface area contributed by atoms with E-state index in [1.807, 2.05) is 0 Å². The van der Waals surface area contributed by atoms with Gasteiger partial charge < -0.3 is 14.2 Å². The van der Waals surface area contributed by atoms with Gasteiger partial charge in [-0.3, -0.25) is 14.4 Å². The van der Waals surface area contributed by atoms with Crippen LogP contribution in [0.1, 0.15) is 258 Å². The van der Waals surface area contributed by atoms with Crippen LogP contribution in [-0.4, -0.2) is 37.2 Å². The van der Waals surface area contributed by atoms with Gasteiger partial charge in [0.25, 0.3) is 0 Å². The number of rotatable bonds is 50. The first-order valence-corrected chi connectivity index (χ1v) is 28.2. The van der Waals surface area contributed by atoms with E-state index in [1.54, 1.807) is 0 Å². The highest BCUT2D eigenvalue weighted by Crippen LogP contribution is 2.15. The molecule has 0 aromatic heterocycles. The maximum Gasteiger partial charge on any atom is 0.306 e.